The summed E-state index contributed by atoms with van der Waals surface area (Å²) in [7, 11) is 0. The third-order valence-electron chi connectivity index (χ3n) is 1.86. The number of fused-ring (bicyclic) bond motifs is 1. The number of azide groups is 1. The molecule has 0 amide bonds. The van der Waals surface area contributed by atoms with Crippen LogP contribution in [0, 0.1) is 0 Å². The van der Waals surface area contributed by atoms with Gasteiger partial charge in [-0.15, -0.1) is 0 Å². The molecule has 1 aliphatic rings. The van der Waals surface area contributed by atoms with Crippen LogP contribution in [0.15, 0.2) is 34.0 Å². The third kappa shape index (κ3) is 1.78. The van der Waals surface area contributed by atoms with Gasteiger partial charge in [-0.2, -0.15) is 0 Å². The second-order valence-corrected chi connectivity index (χ2v) is 11.1. The molecule has 8 nitrogen and oxygen atoms in total. The van der Waals surface area contributed by atoms with Gasteiger partial charge in [-0.05, 0) is 0 Å². The summed E-state index contributed by atoms with van der Waals surface area (Å²) in [6.45, 7) is 0. The van der Waals surface area contributed by atoms with Gasteiger partial charge in [-0.25, -0.2) is 0 Å². The van der Waals surface area contributed by atoms with Gasteiger partial charge in [0.15, 0.2) is 0 Å². The molecule has 0 aromatic heterocycles. The molecule has 0 unspecified atom stereocenters. The van der Waals surface area contributed by atoms with Crippen LogP contribution in [-0.2, 0) is 0 Å². The molecule has 0 radical (unpaired) electrons. The normalized spacial score (nSPS) is 24.8. The minimum atomic E-state index is -5.74. The molecule has 1 aromatic rings. The number of hydrogen-bond acceptors (Lipinski definition) is 4. The van der Waals surface area contributed by atoms with E-state index in [2.05, 4.69) is 19.6 Å². The van der Waals surface area contributed by atoms with Crippen molar-refractivity contribution in [3.05, 3.63) is 45.2 Å². The van der Waals surface area contributed by atoms with E-state index in [1.807, 2.05) is 0 Å². The van der Waals surface area contributed by atoms with Crippen LogP contribution in [0.3, 0.4) is 0 Å². The number of nitrogens with zero attached hydrogens (tertiary/aromatic N) is 6. The number of para-hydroxylation sites is 2. The Balaban J connectivity index is 2.74. The Morgan fingerprint density at radius 1 is 1.00 bits per heavy atom. The Labute approximate surface area is 104 Å². The second kappa shape index (κ2) is 3.01. The number of halogens is 2. The van der Waals surface area contributed by atoms with Crippen LogP contribution in [0.25, 0.3) is 20.9 Å². The van der Waals surface area contributed by atoms with Gasteiger partial charge in [0, 0.05) is 0 Å². The molecule has 0 saturated heterocycles. The fourth-order valence-corrected chi connectivity index (χ4v) is 4.19. The molecule has 0 saturated carbocycles. The Kier molecular flexibility index (Phi) is 2.11. The Hall–Kier alpha value is -1.55. The first-order chi connectivity index (χ1) is 7.85. The molecule has 0 atom stereocenters. The van der Waals surface area contributed by atoms with Gasteiger partial charge in [0.1, 0.15) is 0 Å². The SMILES string of the molecule is [N-]=[N+]=N[P-]1(Cl)(Cl)(N=[N+]=[N-])Oc2ccccc2O1. The van der Waals surface area contributed by atoms with E-state index in [1.54, 1.807) is 12.1 Å². The Morgan fingerprint density at radius 3 is 1.76 bits per heavy atom. The van der Waals surface area contributed by atoms with Gasteiger partial charge in [0.25, 0.3) is 0 Å². The summed E-state index contributed by atoms with van der Waals surface area (Å²) in [6, 6.07) is 6.22. The first-order valence-corrected chi connectivity index (χ1v) is 8.37. The van der Waals surface area contributed by atoms with Crippen molar-refractivity contribution in [1.82, 2.24) is 0 Å². The summed E-state index contributed by atoms with van der Waals surface area (Å²) in [5.74, 6) is 0.265. The predicted molar refractivity (Wildman–Crippen MR) is 64.6 cm³/mol. The van der Waals surface area contributed by atoms with Gasteiger partial charge in [-0.3, -0.25) is 0 Å². The van der Waals surface area contributed by atoms with Crippen LogP contribution in [0.1, 0.15) is 0 Å². The van der Waals surface area contributed by atoms with Crippen molar-refractivity contribution in [3.8, 4) is 11.5 Å². The van der Waals surface area contributed by atoms with Crippen LogP contribution >= 0.6 is 27.9 Å². The van der Waals surface area contributed by atoms with E-state index >= 15 is 0 Å². The van der Waals surface area contributed by atoms with Gasteiger partial charge >= 0.3 is 103 Å². The van der Waals surface area contributed by atoms with E-state index in [-0.39, 0.29) is 11.5 Å². The fourth-order valence-electron chi connectivity index (χ4n) is 1.28. The molecule has 0 spiro atoms. The standard InChI is InChI=1S/C6H4Cl2N6O2P/c7-17(8,13-11-9,14-12-10)15-5-3-1-2-4-6(5)16-17/h1-4H/q-1. The molecule has 11 heteroatoms. The number of benzene rings is 1. The zero-order chi connectivity index (χ0) is 12.6. The van der Waals surface area contributed by atoms with Crippen LogP contribution in [-0.4, -0.2) is 0 Å². The Morgan fingerprint density at radius 2 is 1.41 bits per heavy atom. The number of rotatable bonds is 2. The maximum atomic E-state index is 8.51. The van der Waals surface area contributed by atoms with Gasteiger partial charge < -0.3 is 0 Å². The zero-order valence-corrected chi connectivity index (χ0v) is 10.4. The monoisotopic (exact) mass is 293 g/mol. The fraction of sp³-hybridized carbons (Fsp3) is 0. The zero-order valence-electron chi connectivity index (χ0n) is 8.01. The molecule has 1 heterocycles. The number of hydrogen-bond donors (Lipinski definition) is 0. The van der Waals surface area contributed by atoms with Crippen molar-refractivity contribution in [2.75, 3.05) is 0 Å². The average Bonchev–Trinajstić information content (AvgIpc) is 2.47. The maximum absolute atomic E-state index is 8.51. The summed E-state index contributed by atoms with van der Waals surface area (Å²) in [5, 5.41) is -5.74. The van der Waals surface area contributed by atoms with Crippen molar-refractivity contribution in [1.29, 1.82) is 0 Å². The molecular formula is C6H4Cl2N6O2P-. The first-order valence-electron chi connectivity index (χ1n) is 4.14. The first kappa shape index (κ1) is 11.9. The molecule has 0 fully saturated rings. The molecule has 0 bridgehead atoms. The quantitative estimate of drug-likeness (QED) is 0.325. The van der Waals surface area contributed by atoms with E-state index in [4.69, 9.17) is 42.6 Å². The van der Waals surface area contributed by atoms with E-state index in [0.717, 1.165) is 0 Å². The molecule has 0 N–H and O–H groups in total. The van der Waals surface area contributed by atoms with Gasteiger partial charge in [0.2, 0.25) is 0 Å². The second-order valence-electron chi connectivity index (χ2n) is 3.12. The van der Waals surface area contributed by atoms with E-state index < -0.39 is 5.40 Å². The van der Waals surface area contributed by atoms with Crippen LogP contribution in [0.4, 0.5) is 0 Å². The van der Waals surface area contributed by atoms with Crippen molar-refractivity contribution < 1.29 is 9.05 Å². The van der Waals surface area contributed by atoms with Crippen molar-refractivity contribution in [3.63, 3.8) is 0 Å². The van der Waals surface area contributed by atoms with E-state index in [9.17, 15) is 0 Å². The van der Waals surface area contributed by atoms with Crippen molar-refractivity contribution in [2.24, 2.45) is 9.77 Å². The van der Waals surface area contributed by atoms with Crippen LogP contribution < -0.4 is 9.05 Å². The molecule has 90 valence electrons. The topological polar surface area (TPSA) is 116 Å². The minimum absolute atomic E-state index is 0.132. The summed E-state index contributed by atoms with van der Waals surface area (Å²) >= 11 is 11.9. The van der Waals surface area contributed by atoms with Crippen molar-refractivity contribution in [2.45, 2.75) is 0 Å². The molecule has 2 rings (SSSR count). The molecule has 1 aromatic carbocycles. The van der Waals surface area contributed by atoms with Crippen LogP contribution in [0.2, 0.25) is 0 Å². The summed E-state index contributed by atoms with van der Waals surface area (Å²) in [4.78, 5) is 11.1. The van der Waals surface area contributed by atoms with E-state index in [1.165, 1.54) is 12.1 Å². The van der Waals surface area contributed by atoms with Crippen molar-refractivity contribution >= 4 is 27.9 Å². The summed E-state index contributed by atoms with van der Waals surface area (Å²) < 4.78 is 10.3. The summed E-state index contributed by atoms with van der Waals surface area (Å²) in [5.41, 5.74) is 17.0. The molecule has 0 aliphatic carbocycles. The van der Waals surface area contributed by atoms with Crippen LogP contribution in [0.5, 0.6) is 11.5 Å². The van der Waals surface area contributed by atoms with Gasteiger partial charge in [0.05, 0.1) is 0 Å². The van der Waals surface area contributed by atoms with Gasteiger partial charge in [-0.1, -0.05) is 0 Å². The molecule has 17 heavy (non-hydrogen) atoms. The molecule has 1 aliphatic heterocycles. The average molecular weight is 294 g/mol. The Bertz CT molecular complexity index is 568. The third-order valence-corrected chi connectivity index (χ3v) is 5.53. The molecular weight excluding hydrogens is 290 g/mol. The summed E-state index contributed by atoms with van der Waals surface area (Å²) in [6.07, 6.45) is 0. The predicted octanol–water partition coefficient (Wildman–Crippen LogP) is 5.14. The van der Waals surface area contributed by atoms with E-state index in [0.29, 0.717) is 0 Å².